The van der Waals surface area contributed by atoms with Gasteiger partial charge in [-0.1, -0.05) is 11.6 Å². The second kappa shape index (κ2) is 5.40. The molecule has 0 aliphatic rings. The van der Waals surface area contributed by atoms with E-state index in [4.69, 9.17) is 27.0 Å². The highest BCUT2D eigenvalue weighted by atomic mass is 35.7. The SMILES string of the molecule is Cn1cncc1COc1ccc(Cl)cc1S(=O)(=O)Cl. The molecule has 0 radical (unpaired) electrons. The van der Waals surface area contributed by atoms with Crippen LogP contribution in [0.4, 0.5) is 0 Å². The Hall–Kier alpha value is -1.24. The maximum absolute atomic E-state index is 11.4. The van der Waals surface area contributed by atoms with Crippen molar-refractivity contribution in [2.24, 2.45) is 7.05 Å². The second-order valence-corrected chi connectivity index (χ2v) is 6.78. The van der Waals surface area contributed by atoms with Crippen LogP contribution in [-0.4, -0.2) is 18.0 Å². The lowest BCUT2D eigenvalue weighted by Crippen LogP contribution is -2.04. The minimum Gasteiger partial charge on any atom is -0.486 e. The van der Waals surface area contributed by atoms with Gasteiger partial charge in [0.05, 0.1) is 18.2 Å². The van der Waals surface area contributed by atoms with Gasteiger partial charge in [0.15, 0.2) is 0 Å². The Morgan fingerprint density at radius 2 is 2.16 bits per heavy atom. The summed E-state index contributed by atoms with van der Waals surface area (Å²) >= 11 is 5.76. The van der Waals surface area contributed by atoms with Crippen molar-refractivity contribution in [1.82, 2.24) is 9.55 Å². The fourth-order valence-electron chi connectivity index (χ4n) is 1.47. The lowest BCUT2D eigenvalue weighted by Gasteiger charge is -2.10. The van der Waals surface area contributed by atoms with E-state index in [1.54, 1.807) is 17.1 Å². The third-order valence-electron chi connectivity index (χ3n) is 2.46. The molecule has 0 amide bonds. The van der Waals surface area contributed by atoms with Crippen molar-refractivity contribution in [1.29, 1.82) is 0 Å². The third-order valence-corrected chi connectivity index (χ3v) is 4.04. The van der Waals surface area contributed by atoms with E-state index in [0.717, 1.165) is 5.69 Å². The second-order valence-electron chi connectivity index (χ2n) is 3.81. The van der Waals surface area contributed by atoms with Crippen molar-refractivity contribution in [2.45, 2.75) is 11.5 Å². The van der Waals surface area contributed by atoms with Crippen LogP contribution < -0.4 is 4.74 Å². The quantitative estimate of drug-likeness (QED) is 0.812. The first-order valence-electron chi connectivity index (χ1n) is 5.20. The number of imidazole rings is 1. The number of aromatic nitrogens is 2. The van der Waals surface area contributed by atoms with Crippen LogP contribution in [0.2, 0.25) is 5.02 Å². The number of ether oxygens (including phenoxy) is 1. The minimum absolute atomic E-state index is 0.149. The molecule has 0 aliphatic heterocycles. The molecule has 0 fully saturated rings. The van der Waals surface area contributed by atoms with Gasteiger partial charge in [-0.15, -0.1) is 0 Å². The summed E-state index contributed by atoms with van der Waals surface area (Å²) in [5.41, 5.74) is 0.799. The van der Waals surface area contributed by atoms with Gasteiger partial charge in [-0.25, -0.2) is 13.4 Å². The molecule has 19 heavy (non-hydrogen) atoms. The molecule has 0 atom stereocenters. The zero-order valence-electron chi connectivity index (χ0n) is 9.88. The van der Waals surface area contributed by atoms with Crippen LogP contribution in [0.5, 0.6) is 5.75 Å². The van der Waals surface area contributed by atoms with Gasteiger partial charge in [-0.05, 0) is 18.2 Å². The van der Waals surface area contributed by atoms with Crippen LogP contribution in [0, 0.1) is 0 Å². The van der Waals surface area contributed by atoms with Gasteiger partial charge in [-0.2, -0.15) is 0 Å². The van der Waals surface area contributed by atoms with Gasteiger partial charge < -0.3 is 9.30 Å². The highest BCUT2D eigenvalue weighted by molar-refractivity contribution is 8.13. The summed E-state index contributed by atoms with van der Waals surface area (Å²) in [6, 6.07) is 4.25. The van der Waals surface area contributed by atoms with Crippen LogP contribution in [-0.2, 0) is 22.7 Å². The molecule has 0 unspecified atom stereocenters. The number of aryl methyl sites for hydroxylation is 1. The van der Waals surface area contributed by atoms with Crippen molar-refractivity contribution in [3.05, 3.63) is 41.4 Å². The highest BCUT2D eigenvalue weighted by Gasteiger charge is 2.18. The van der Waals surface area contributed by atoms with Crippen molar-refractivity contribution < 1.29 is 13.2 Å². The molecule has 1 heterocycles. The Labute approximate surface area is 120 Å². The summed E-state index contributed by atoms with van der Waals surface area (Å²) in [5.74, 6) is 0.153. The summed E-state index contributed by atoms with van der Waals surface area (Å²) in [7, 11) is 3.24. The summed E-state index contributed by atoms with van der Waals surface area (Å²) < 4.78 is 30.1. The Morgan fingerprint density at radius 3 is 2.74 bits per heavy atom. The third kappa shape index (κ3) is 3.40. The number of hydrogen-bond acceptors (Lipinski definition) is 4. The maximum atomic E-state index is 11.4. The van der Waals surface area contributed by atoms with Crippen LogP contribution in [0.15, 0.2) is 35.6 Å². The number of nitrogens with zero attached hydrogens (tertiary/aromatic N) is 2. The number of benzene rings is 1. The minimum atomic E-state index is -3.92. The predicted molar refractivity (Wildman–Crippen MR) is 72.0 cm³/mol. The molecular formula is C11H10Cl2N2O3S. The fourth-order valence-corrected chi connectivity index (χ4v) is 2.70. The maximum Gasteiger partial charge on any atom is 0.265 e. The smallest absolute Gasteiger partial charge is 0.265 e. The van der Waals surface area contributed by atoms with E-state index in [-0.39, 0.29) is 22.3 Å². The lowest BCUT2D eigenvalue weighted by atomic mass is 10.3. The Kier molecular flexibility index (Phi) is 4.03. The molecule has 102 valence electrons. The average molecular weight is 321 g/mol. The van der Waals surface area contributed by atoms with Crippen molar-refractivity contribution >= 4 is 31.3 Å². The molecule has 2 rings (SSSR count). The molecule has 0 bridgehead atoms. The zero-order chi connectivity index (χ0) is 14.0. The molecule has 8 heteroatoms. The largest absolute Gasteiger partial charge is 0.486 e. The van der Waals surface area contributed by atoms with Gasteiger partial charge in [0.1, 0.15) is 17.3 Å². The van der Waals surface area contributed by atoms with Crippen LogP contribution in [0.25, 0.3) is 0 Å². The van der Waals surface area contributed by atoms with E-state index in [1.165, 1.54) is 18.2 Å². The molecule has 0 saturated carbocycles. The van der Waals surface area contributed by atoms with Crippen molar-refractivity contribution in [2.75, 3.05) is 0 Å². The monoisotopic (exact) mass is 320 g/mol. The Balaban J connectivity index is 2.28. The van der Waals surface area contributed by atoms with E-state index >= 15 is 0 Å². The van der Waals surface area contributed by atoms with Crippen LogP contribution in [0.3, 0.4) is 0 Å². The van der Waals surface area contributed by atoms with Gasteiger partial charge >= 0.3 is 0 Å². The first-order chi connectivity index (χ1) is 8.88. The number of hydrogen-bond donors (Lipinski definition) is 0. The lowest BCUT2D eigenvalue weighted by molar-refractivity contribution is 0.289. The molecule has 0 N–H and O–H groups in total. The first-order valence-corrected chi connectivity index (χ1v) is 7.89. The van der Waals surface area contributed by atoms with Gasteiger partial charge in [0.2, 0.25) is 0 Å². The van der Waals surface area contributed by atoms with E-state index < -0.39 is 9.05 Å². The molecule has 1 aromatic carbocycles. The standard InChI is InChI=1S/C11H10Cl2N2O3S/c1-15-7-14-5-9(15)6-18-10-3-2-8(12)4-11(10)19(13,16)17/h2-5,7H,6H2,1H3. The van der Waals surface area contributed by atoms with Gasteiger partial charge in [0, 0.05) is 22.8 Å². The summed E-state index contributed by atoms with van der Waals surface area (Å²) in [5, 5.41) is 0.270. The van der Waals surface area contributed by atoms with Crippen LogP contribution >= 0.6 is 22.3 Å². The molecule has 2 aromatic rings. The van der Waals surface area contributed by atoms with Crippen LogP contribution in [0.1, 0.15) is 5.69 Å². The average Bonchev–Trinajstić information content (AvgIpc) is 2.72. The molecule has 0 spiro atoms. The summed E-state index contributed by atoms with van der Waals surface area (Å²) in [6.45, 7) is 0.178. The summed E-state index contributed by atoms with van der Waals surface area (Å²) in [4.78, 5) is 3.79. The Morgan fingerprint density at radius 1 is 1.42 bits per heavy atom. The van der Waals surface area contributed by atoms with E-state index in [9.17, 15) is 8.42 Å². The van der Waals surface area contributed by atoms with Crippen molar-refractivity contribution in [3.63, 3.8) is 0 Å². The molecule has 1 aromatic heterocycles. The zero-order valence-corrected chi connectivity index (χ0v) is 12.2. The molecule has 0 saturated heterocycles. The molecular weight excluding hydrogens is 311 g/mol. The topological polar surface area (TPSA) is 61.2 Å². The van der Waals surface area contributed by atoms with Gasteiger partial charge in [0.25, 0.3) is 9.05 Å². The van der Waals surface area contributed by atoms with Gasteiger partial charge in [-0.3, -0.25) is 0 Å². The fraction of sp³-hybridized carbons (Fsp3) is 0.182. The summed E-state index contributed by atoms with van der Waals surface area (Å²) in [6.07, 6.45) is 3.25. The Bertz CT molecular complexity index is 698. The van der Waals surface area contributed by atoms with E-state index in [0.29, 0.717) is 0 Å². The number of halogens is 2. The highest BCUT2D eigenvalue weighted by Crippen LogP contribution is 2.30. The number of rotatable bonds is 4. The van der Waals surface area contributed by atoms with E-state index in [1.807, 2.05) is 7.05 Å². The molecule has 5 nitrogen and oxygen atoms in total. The normalized spacial score (nSPS) is 11.5. The predicted octanol–water partition coefficient (Wildman–Crippen LogP) is 2.58. The van der Waals surface area contributed by atoms with E-state index in [2.05, 4.69) is 4.98 Å². The van der Waals surface area contributed by atoms with Crippen molar-refractivity contribution in [3.8, 4) is 5.75 Å². The molecule has 0 aliphatic carbocycles. The first kappa shape index (κ1) is 14.2.